The maximum atomic E-state index is 10.2. The Labute approximate surface area is 144 Å². The molecule has 0 unspecified atom stereocenters. The van der Waals surface area contributed by atoms with E-state index in [1.807, 2.05) is 30.3 Å². The largest absolute Gasteiger partial charge is 0.506 e. The van der Waals surface area contributed by atoms with Crippen molar-refractivity contribution in [1.29, 1.82) is 0 Å². The average molecular weight is 348 g/mol. The van der Waals surface area contributed by atoms with E-state index in [0.29, 0.717) is 23.2 Å². The number of hydrogen-bond acceptors (Lipinski definition) is 3. The predicted octanol–water partition coefficient (Wildman–Crippen LogP) is 5.27. The first-order valence-electron chi connectivity index (χ1n) is 7.26. The smallest absolute Gasteiger partial charge is 0.142 e. The van der Waals surface area contributed by atoms with Crippen LogP contribution in [0.25, 0.3) is 22.2 Å². The van der Waals surface area contributed by atoms with Crippen LogP contribution in [-0.4, -0.2) is 22.6 Å². The highest BCUT2D eigenvalue weighted by molar-refractivity contribution is 6.31. The molecule has 0 aliphatic heterocycles. The van der Waals surface area contributed by atoms with Crippen LogP contribution in [0.5, 0.6) is 11.5 Å². The molecule has 5 heteroatoms. The number of nitrogens with zero attached hydrogens (tertiary/aromatic N) is 1. The summed E-state index contributed by atoms with van der Waals surface area (Å²) >= 11 is 11.6. The molecule has 3 aromatic rings. The molecule has 0 saturated carbocycles. The van der Waals surface area contributed by atoms with Crippen molar-refractivity contribution in [2.24, 2.45) is 0 Å². The maximum Gasteiger partial charge on any atom is 0.142 e. The van der Waals surface area contributed by atoms with E-state index in [0.717, 1.165) is 28.6 Å². The van der Waals surface area contributed by atoms with Gasteiger partial charge in [-0.25, -0.2) is 4.98 Å². The molecule has 0 spiro atoms. The predicted molar refractivity (Wildman–Crippen MR) is 94.7 cm³/mol. The fourth-order valence-electron chi connectivity index (χ4n) is 2.30. The normalized spacial score (nSPS) is 10.9. The number of aromatic hydroxyl groups is 1. The summed E-state index contributed by atoms with van der Waals surface area (Å²) in [5, 5.41) is 11.7. The zero-order valence-electron chi connectivity index (χ0n) is 12.3. The van der Waals surface area contributed by atoms with Crippen LogP contribution in [0.1, 0.15) is 6.42 Å². The van der Waals surface area contributed by atoms with Crippen LogP contribution in [0, 0.1) is 0 Å². The summed E-state index contributed by atoms with van der Waals surface area (Å²) in [6, 6.07) is 14.5. The highest BCUT2D eigenvalue weighted by atomic mass is 35.5. The number of halogens is 2. The number of pyridine rings is 1. The van der Waals surface area contributed by atoms with Crippen molar-refractivity contribution in [2.45, 2.75) is 6.42 Å². The summed E-state index contributed by atoms with van der Waals surface area (Å²) in [5.74, 6) is 1.48. The molecule has 1 aromatic heterocycles. The molecule has 0 aliphatic rings. The van der Waals surface area contributed by atoms with E-state index < -0.39 is 0 Å². The Kier molecular flexibility index (Phi) is 4.89. The second-order valence-electron chi connectivity index (χ2n) is 5.11. The molecule has 2 aromatic carbocycles. The monoisotopic (exact) mass is 347 g/mol. The highest BCUT2D eigenvalue weighted by Gasteiger charge is 2.09. The molecular formula is C18H15Cl2NO2. The zero-order chi connectivity index (χ0) is 16.2. The third kappa shape index (κ3) is 3.69. The average Bonchev–Trinajstić information content (AvgIpc) is 2.56. The number of aromatic nitrogens is 1. The quantitative estimate of drug-likeness (QED) is 0.505. The van der Waals surface area contributed by atoms with E-state index in [4.69, 9.17) is 27.9 Å². The number of fused-ring (bicyclic) bond motifs is 1. The summed E-state index contributed by atoms with van der Waals surface area (Å²) < 4.78 is 5.57. The fourth-order valence-corrected chi connectivity index (χ4v) is 2.57. The second kappa shape index (κ2) is 7.07. The van der Waals surface area contributed by atoms with Gasteiger partial charge in [0.1, 0.15) is 17.2 Å². The molecule has 3 rings (SSSR count). The van der Waals surface area contributed by atoms with Crippen LogP contribution < -0.4 is 4.74 Å². The van der Waals surface area contributed by atoms with Gasteiger partial charge in [-0.2, -0.15) is 0 Å². The van der Waals surface area contributed by atoms with Crippen LogP contribution >= 0.6 is 23.2 Å². The third-order valence-corrected chi connectivity index (χ3v) is 3.94. The number of ether oxygens (including phenoxy) is 1. The lowest BCUT2D eigenvalue weighted by Crippen LogP contribution is -1.97. The van der Waals surface area contributed by atoms with Gasteiger partial charge in [0.2, 0.25) is 0 Å². The van der Waals surface area contributed by atoms with E-state index in [-0.39, 0.29) is 5.75 Å². The summed E-state index contributed by atoms with van der Waals surface area (Å²) in [6.45, 7) is 0.584. The molecule has 0 bridgehead atoms. The van der Waals surface area contributed by atoms with Crippen molar-refractivity contribution >= 4 is 34.1 Å². The number of hydrogen-bond donors (Lipinski definition) is 1. The molecule has 1 heterocycles. The zero-order valence-corrected chi connectivity index (χ0v) is 13.8. The molecule has 0 atom stereocenters. The van der Waals surface area contributed by atoms with Crippen molar-refractivity contribution in [3.05, 3.63) is 53.6 Å². The van der Waals surface area contributed by atoms with Gasteiger partial charge < -0.3 is 9.84 Å². The molecule has 0 radical (unpaired) electrons. The van der Waals surface area contributed by atoms with Crippen LogP contribution in [0.3, 0.4) is 0 Å². The molecule has 3 nitrogen and oxygen atoms in total. The fraction of sp³-hybridized carbons (Fsp3) is 0.167. The molecular weight excluding hydrogens is 333 g/mol. The molecule has 118 valence electrons. The Bertz CT molecular complexity index is 819. The summed E-state index contributed by atoms with van der Waals surface area (Å²) in [5.41, 5.74) is 2.08. The van der Waals surface area contributed by atoms with E-state index in [2.05, 4.69) is 4.98 Å². The SMILES string of the molecule is Oc1cc2ccc(Cl)cc2nc1-c1ccc(OCCCCl)cc1. The minimum Gasteiger partial charge on any atom is -0.506 e. The van der Waals surface area contributed by atoms with Gasteiger partial charge in [-0.3, -0.25) is 0 Å². The van der Waals surface area contributed by atoms with Gasteiger partial charge in [0.15, 0.2) is 0 Å². The Hall–Kier alpha value is -1.97. The van der Waals surface area contributed by atoms with Gasteiger partial charge in [-0.15, -0.1) is 11.6 Å². The molecule has 0 aliphatic carbocycles. The topological polar surface area (TPSA) is 42.4 Å². The van der Waals surface area contributed by atoms with Crippen molar-refractivity contribution in [3.8, 4) is 22.8 Å². The van der Waals surface area contributed by atoms with E-state index in [1.165, 1.54) is 0 Å². The standard InChI is InChI=1S/C18H15Cl2NO2/c19-8-1-9-23-15-6-3-12(4-7-15)18-17(22)10-13-2-5-14(20)11-16(13)21-18/h2-7,10-11,22H,1,8-9H2. The van der Waals surface area contributed by atoms with Crippen molar-refractivity contribution in [2.75, 3.05) is 12.5 Å². The number of benzene rings is 2. The first-order chi connectivity index (χ1) is 11.2. The van der Waals surface area contributed by atoms with Gasteiger partial charge in [0.05, 0.1) is 12.1 Å². The van der Waals surface area contributed by atoms with Crippen LogP contribution in [0.15, 0.2) is 48.5 Å². The van der Waals surface area contributed by atoms with E-state index in [9.17, 15) is 5.11 Å². The Morgan fingerprint density at radius 1 is 1.04 bits per heavy atom. The highest BCUT2D eigenvalue weighted by Crippen LogP contribution is 2.32. The Balaban J connectivity index is 1.91. The lowest BCUT2D eigenvalue weighted by atomic mass is 10.1. The minimum absolute atomic E-state index is 0.135. The molecule has 23 heavy (non-hydrogen) atoms. The van der Waals surface area contributed by atoms with Gasteiger partial charge in [-0.1, -0.05) is 17.7 Å². The molecule has 0 amide bonds. The minimum atomic E-state index is 0.135. The van der Waals surface area contributed by atoms with Gasteiger partial charge >= 0.3 is 0 Å². The van der Waals surface area contributed by atoms with Gasteiger partial charge in [0.25, 0.3) is 0 Å². The molecule has 1 N–H and O–H groups in total. The van der Waals surface area contributed by atoms with Gasteiger partial charge in [0, 0.05) is 21.9 Å². The van der Waals surface area contributed by atoms with Crippen LogP contribution in [-0.2, 0) is 0 Å². The molecule has 0 saturated heterocycles. The second-order valence-corrected chi connectivity index (χ2v) is 5.92. The van der Waals surface area contributed by atoms with Gasteiger partial charge in [-0.05, 0) is 48.9 Å². The summed E-state index contributed by atoms with van der Waals surface area (Å²) in [7, 11) is 0. The lowest BCUT2D eigenvalue weighted by Gasteiger charge is -2.09. The first-order valence-corrected chi connectivity index (χ1v) is 8.17. The summed E-state index contributed by atoms with van der Waals surface area (Å²) in [6.07, 6.45) is 0.803. The van der Waals surface area contributed by atoms with Crippen molar-refractivity contribution in [1.82, 2.24) is 4.98 Å². The van der Waals surface area contributed by atoms with Crippen molar-refractivity contribution in [3.63, 3.8) is 0 Å². The van der Waals surface area contributed by atoms with Crippen LogP contribution in [0.4, 0.5) is 0 Å². The number of alkyl halides is 1. The van der Waals surface area contributed by atoms with E-state index >= 15 is 0 Å². The van der Waals surface area contributed by atoms with Crippen molar-refractivity contribution < 1.29 is 9.84 Å². The van der Waals surface area contributed by atoms with E-state index in [1.54, 1.807) is 18.2 Å². The van der Waals surface area contributed by atoms with Crippen LogP contribution in [0.2, 0.25) is 5.02 Å². The third-order valence-electron chi connectivity index (χ3n) is 3.43. The summed E-state index contributed by atoms with van der Waals surface area (Å²) in [4.78, 5) is 4.52. The lowest BCUT2D eigenvalue weighted by molar-refractivity contribution is 0.318. The maximum absolute atomic E-state index is 10.2. The Morgan fingerprint density at radius 3 is 2.57 bits per heavy atom. The number of rotatable bonds is 5. The Morgan fingerprint density at radius 2 is 1.83 bits per heavy atom. The first kappa shape index (κ1) is 15.9. The molecule has 0 fully saturated rings.